The number of carbonyl (C=O) groups is 1. The zero-order valence-electron chi connectivity index (χ0n) is 15.4. The molecule has 0 saturated carbocycles. The van der Waals surface area contributed by atoms with E-state index in [0.717, 1.165) is 4.47 Å². The van der Waals surface area contributed by atoms with Gasteiger partial charge < -0.3 is 19.2 Å². The lowest BCUT2D eigenvalue weighted by molar-refractivity contribution is -0.384. The molecule has 0 aliphatic rings. The van der Waals surface area contributed by atoms with Gasteiger partial charge in [-0.25, -0.2) is 0 Å². The Labute approximate surface area is 174 Å². The third-order valence-corrected chi connectivity index (χ3v) is 4.47. The quantitative estimate of drug-likeness (QED) is 0.366. The number of hydrogen-bond donors (Lipinski definition) is 1. The minimum Gasteiger partial charge on any atom is -0.494 e. The minimum atomic E-state index is -0.607. The zero-order chi connectivity index (χ0) is 20.8. The van der Waals surface area contributed by atoms with Gasteiger partial charge in [-0.1, -0.05) is 12.1 Å². The first-order valence-corrected chi connectivity index (χ1v) is 9.46. The monoisotopic (exact) mass is 460 g/mol. The van der Waals surface area contributed by atoms with Crippen LogP contribution in [0.15, 0.2) is 63.5 Å². The summed E-state index contributed by atoms with van der Waals surface area (Å²) in [5.74, 6) is 0.831. The van der Waals surface area contributed by atoms with E-state index in [1.165, 1.54) is 18.2 Å². The lowest BCUT2D eigenvalue weighted by Crippen LogP contribution is -2.12. The molecule has 2 aromatic carbocycles. The number of para-hydroxylation sites is 1. The number of nitrogens with one attached hydrogen (secondary N) is 1. The molecule has 8 nitrogen and oxygen atoms in total. The van der Waals surface area contributed by atoms with Gasteiger partial charge in [-0.05, 0) is 59.3 Å². The van der Waals surface area contributed by atoms with Crippen molar-refractivity contribution in [1.29, 1.82) is 0 Å². The summed E-state index contributed by atoms with van der Waals surface area (Å²) in [6.45, 7) is 2.27. The predicted octanol–water partition coefficient (Wildman–Crippen LogP) is 5.18. The van der Waals surface area contributed by atoms with Crippen molar-refractivity contribution in [3.8, 4) is 11.5 Å². The first-order chi connectivity index (χ1) is 14.0. The van der Waals surface area contributed by atoms with Gasteiger partial charge in [0.2, 0.25) is 0 Å². The van der Waals surface area contributed by atoms with Crippen LogP contribution >= 0.6 is 15.9 Å². The second-order valence-corrected chi connectivity index (χ2v) is 6.66. The average Bonchev–Trinajstić information content (AvgIpc) is 3.18. The van der Waals surface area contributed by atoms with Crippen LogP contribution in [-0.4, -0.2) is 17.4 Å². The average molecular weight is 461 g/mol. The summed E-state index contributed by atoms with van der Waals surface area (Å²) in [7, 11) is 0. The molecule has 0 radical (unpaired) electrons. The molecular weight excluding hydrogens is 444 g/mol. The summed E-state index contributed by atoms with van der Waals surface area (Å²) in [5.41, 5.74) is -0.223. The van der Waals surface area contributed by atoms with Gasteiger partial charge in [0.05, 0.1) is 22.1 Å². The van der Waals surface area contributed by atoms with Crippen LogP contribution in [0.4, 0.5) is 11.4 Å². The number of rotatable bonds is 8. The van der Waals surface area contributed by atoms with Crippen molar-refractivity contribution >= 4 is 33.2 Å². The van der Waals surface area contributed by atoms with E-state index in [-0.39, 0.29) is 23.7 Å². The molecule has 0 saturated heterocycles. The van der Waals surface area contributed by atoms with Gasteiger partial charge in [-0.3, -0.25) is 14.9 Å². The molecule has 29 heavy (non-hydrogen) atoms. The Morgan fingerprint density at radius 1 is 1.17 bits per heavy atom. The number of carbonyl (C=O) groups excluding carboxylic acids is 1. The van der Waals surface area contributed by atoms with E-state index in [9.17, 15) is 14.9 Å². The molecule has 1 N–H and O–H groups in total. The minimum absolute atomic E-state index is 0.0129. The number of nitro benzene ring substituents is 1. The van der Waals surface area contributed by atoms with Crippen LogP contribution in [0.1, 0.15) is 23.2 Å². The number of furan rings is 1. The Balaban J connectivity index is 1.69. The normalized spacial score (nSPS) is 10.4. The second-order valence-electron chi connectivity index (χ2n) is 5.81. The molecule has 0 aliphatic carbocycles. The highest BCUT2D eigenvalue weighted by atomic mass is 79.9. The van der Waals surface area contributed by atoms with Crippen molar-refractivity contribution in [2.45, 2.75) is 13.5 Å². The Morgan fingerprint density at radius 3 is 2.69 bits per heavy atom. The number of nitro groups is 1. The summed E-state index contributed by atoms with van der Waals surface area (Å²) < 4.78 is 17.2. The number of benzene rings is 2. The molecule has 0 aliphatic heterocycles. The van der Waals surface area contributed by atoms with Crippen LogP contribution in [-0.2, 0) is 6.61 Å². The number of hydrogen-bond acceptors (Lipinski definition) is 6. The van der Waals surface area contributed by atoms with Crippen LogP contribution < -0.4 is 14.8 Å². The van der Waals surface area contributed by atoms with Crippen molar-refractivity contribution in [2.24, 2.45) is 0 Å². The fourth-order valence-corrected chi connectivity index (χ4v) is 2.90. The molecule has 1 amide bonds. The molecular formula is C20H17BrN2O6. The van der Waals surface area contributed by atoms with Crippen molar-refractivity contribution < 1.29 is 23.6 Å². The highest BCUT2D eigenvalue weighted by Gasteiger charge is 2.20. The fraction of sp³-hybridized carbons (Fsp3) is 0.150. The van der Waals surface area contributed by atoms with E-state index in [4.69, 9.17) is 13.9 Å². The molecule has 3 aromatic rings. The van der Waals surface area contributed by atoms with Gasteiger partial charge in [0.25, 0.3) is 11.6 Å². The Kier molecular flexibility index (Phi) is 6.50. The molecule has 3 rings (SSSR count). The van der Waals surface area contributed by atoms with Crippen molar-refractivity contribution in [3.63, 3.8) is 0 Å². The number of ether oxygens (including phenoxy) is 2. The van der Waals surface area contributed by atoms with Crippen molar-refractivity contribution in [1.82, 2.24) is 0 Å². The van der Waals surface area contributed by atoms with Gasteiger partial charge >= 0.3 is 0 Å². The molecule has 150 valence electrons. The maximum Gasteiger partial charge on any atom is 0.296 e. The Hall–Kier alpha value is -3.33. The van der Waals surface area contributed by atoms with Gasteiger partial charge in [0.15, 0.2) is 5.76 Å². The molecule has 9 heteroatoms. The fourth-order valence-electron chi connectivity index (χ4n) is 2.50. The largest absolute Gasteiger partial charge is 0.494 e. The number of anilines is 1. The molecule has 0 fully saturated rings. The molecule has 0 spiro atoms. The van der Waals surface area contributed by atoms with Crippen molar-refractivity contribution in [2.75, 3.05) is 11.9 Å². The maximum atomic E-state index is 12.4. The topological polar surface area (TPSA) is 104 Å². The highest BCUT2D eigenvalue weighted by molar-refractivity contribution is 9.10. The van der Waals surface area contributed by atoms with Gasteiger partial charge in [0.1, 0.15) is 29.6 Å². The van der Waals surface area contributed by atoms with E-state index < -0.39 is 10.8 Å². The Morgan fingerprint density at radius 2 is 1.97 bits per heavy atom. The van der Waals surface area contributed by atoms with Gasteiger partial charge in [0, 0.05) is 0 Å². The summed E-state index contributed by atoms with van der Waals surface area (Å²) >= 11 is 3.38. The van der Waals surface area contributed by atoms with Crippen LogP contribution in [0, 0.1) is 10.1 Å². The Bertz CT molecular complexity index is 1030. The predicted molar refractivity (Wildman–Crippen MR) is 109 cm³/mol. The zero-order valence-corrected chi connectivity index (χ0v) is 17.0. The maximum absolute atomic E-state index is 12.4. The van der Waals surface area contributed by atoms with E-state index in [1.54, 1.807) is 25.1 Å². The molecule has 0 atom stereocenters. The van der Waals surface area contributed by atoms with Gasteiger partial charge in [-0.2, -0.15) is 0 Å². The molecule has 0 unspecified atom stereocenters. The molecule has 1 aromatic heterocycles. The summed E-state index contributed by atoms with van der Waals surface area (Å²) in [4.78, 5) is 23.2. The number of halogens is 1. The van der Waals surface area contributed by atoms with E-state index in [2.05, 4.69) is 21.2 Å². The summed E-state index contributed by atoms with van der Waals surface area (Å²) in [5, 5.41) is 13.8. The van der Waals surface area contributed by atoms with E-state index >= 15 is 0 Å². The third kappa shape index (κ3) is 5.14. The van der Waals surface area contributed by atoms with Gasteiger partial charge in [-0.15, -0.1) is 0 Å². The smallest absolute Gasteiger partial charge is 0.296 e. The molecule has 1 heterocycles. The molecule has 0 bridgehead atoms. The first kappa shape index (κ1) is 20.4. The van der Waals surface area contributed by atoms with Crippen LogP contribution in [0.3, 0.4) is 0 Å². The second kappa shape index (κ2) is 9.24. The summed E-state index contributed by atoms with van der Waals surface area (Å²) in [6, 6.07) is 14.7. The number of nitrogens with zero attached hydrogens (tertiary/aromatic N) is 1. The lowest BCUT2D eigenvalue weighted by Gasteiger charge is -2.07. The SMILES string of the molecule is CCOc1ccc(NC(=O)c2ccc(COc3ccccc3Br)o2)c([N+](=O)[O-])c1. The lowest BCUT2D eigenvalue weighted by atomic mass is 10.2. The number of amides is 1. The van der Waals surface area contributed by atoms with Crippen LogP contribution in [0.2, 0.25) is 0 Å². The van der Waals surface area contributed by atoms with E-state index in [1.807, 2.05) is 18.2 Å². The van der Waals surface area contributed by atoms with Crippen molar-refractivity contribution in [3.05, 3.63) is 80.7 Å². The summed E-state index contributed by atoms with van der Waals surface area (Å²) in [6.07, 6.45) is 0. The highest BCUT2D eigenvalue weighted by Crippen LogP contribution is 2.30. The van der Waals surface area contributed by atoms with Crippen LogP contribution in [0.5, 0.6) is 11.5 Å². The standard InChI is InChI=1S/C20H17BrN2O6/c1-2-27-13-7-9-16(17(11-13)23(25)26)22-20(24)19-10-8-14(29-19)12-28-18-6-4-3-5-15(18)21/h3-11H,2,12H2,1H3,(H,22,24). The van der Waals surface area contributed by atoms with E-state index in [0.29, 0.717) is 23.9 Å². The third-order valence-electron chi connectivity index (χ3n) is 3.82. The first-order valence-electron chi connectivity index (χ1n) is 8.66. The van der Waals surface area contributed by atoms with Crippen LogP contribution in [0.25, 0.3) is 0 Å².